The highest BCUT2D eigenvalue weighted by molar-refractivity contribution is 6.33. The van der Waals surface area contributed by atoms with Crippen molar-refractivity contribution in [1.82, 2.24) is 0 Å². The molecular formula is C73H43ClN2O4. The fourth-order valence-electron chi connectivity index (χ4n) is 13.0. The summed E-state index contributed by atoms with van der Waals surface area (Å²) in [4.78, 5) is 4.62. The van der Waals surface area contributed by atoms with Crippen LogP contribution in [0.1, 0.15) is 5.56 Å². The predicted molar refractivity (Wildman–Crippen MR) is 332 cm³/mol. The van der Waals surface area contributed by atoms with Crippen molar-refractivity contribution >= 4 is 154 Å². The molecule has 2 aliphatic heterocycles. The molecule has 4 heterocycles. The van der Waals surface area contributed by atoms with Gasteiger partial charge in [-0.15, -0.1) is 0 Å². The molecule has 0 N–H and O–H groups in total. The molecule has 0 fully saturated rings. The Kier molecular flexibility index (Phi) is 9.59. The Hall–Kier alpha value is -10.3. The van der Waals surface area contributed by atoms with Crippen LogP contribution >= 0.6 is 11.6 Å². The Labute approximate surface area is 463 Å². The summed E-state index contributed by atoms with van der Waals surface area (Å²) in [6, 6.07) is 84.8. The highest BCUT2D eigenvalue weighted by atomic mass is 35.5. The molecule has 7 heteroatoms. The molecule has 16 aromatic rings. The third kappa shape index (κ3) is 6.60. The van der Waals surface area contributed by atoms with Crippen molar-refractivity contribution in [1.29, 1.82) is 0 Å². The minimum Gasteiger partial charge on any atom is -0.456 e. The number of halogens is 1. The normalized spacial score (nSPS) is 12.3. The Morgan fingerprint density at radius 2 is 0.762 bits per heavy atom. The fraction of sp³-hybridized carbons (Fsp3) is 0.0137. The summed E-state index contributed by atoms with van der Waals surface area (Å²) in [5.41, 5.74) is 10.7. The van der Waals surface area contributed by atoms with E-state index in [9.17, 15) is 0 Å². The topological polar surface area (TPSA) is 51.2 Å². The van der Waals surface area contributed by atoms with Crippen LogP contribution in [0, 0.1) is 6.92 Å². The van der Waals surface area contributed by atoms with E-state index in [1.54, 1.807) is 0 Å². The number of hydrogen-bond acceptors (Lipinski definition) is 6. The number of fused-ring (bicyclic) bond motifs is 6. The van der Waals surface area contributed by atoms with Gasteiger partial charge < -0.3 is 28.1 Å². The summed E-state index contributed by atoms with van der Waals surface area (Å²) in [5, 5.41) is 19.1. The van der Waals surface area contributed by atoms with Crippen molar-refractivity contribution in [2.24, 2.45) is 0 Å². The SMILES string of the molecule is Cc1cc2ccc3cc(Cl)cc4c3c2c2c(cccc12)O4.c1ccc(N(c2cc3c4c(ccc5cc(N(c6ccccc6)c6cccc7c6oc6ccccc67)c6cccc(c6c54)O3)c2)c2cccc3c2oc2ccccc23)cc1. The van der Waals surface area contributed by atoms with Crippen LogP contribution in [0.4, 0.5) is 34.1 Å². The standard InChI is InChI=1S/C54H32N2O3.C19H11ClO/c1-3-14-35(15-4-1)55(43-23-11-20-40-38-18-7-9-25-46(38)58-53(40)43)37-30-33-28-29-34-31-45(42-22-13-27-48-52(42)51(34)50(33)49(32-37)57-48)56(36-16-5-2-6-17-36)44-24-12-21-41-39-19-8-10-26-47(39)59-54(41)44;1-10-7-11-5-6-12-8-13(20)9-16-17(12)18(11)19-14(10)3-2-4-15(19)21-16/h1-32H;2-9H,1H3. The summed E-state index contributed by atoms with van der Waals surface area (Å²) in [5.74, 6) is 3.42. The maximum absolute atomic E-state index is 7.05. The number of aryl methyl sites for hydroxylation is 1. The van der Waals surface area contributed by atoms with Gasteiger partial charge in [0.05, 0.1) is 22.7 Å². The molecule has 2 aromatic heterocycles. The third-order valence-electron chi connectivity index (χ3n) is 16.3. The second-order valence-electron chi connectivity index (χ2n) is 20.9. The van der Waals surface area contributed by atoms with Gasteiger partial charge in [0.2, 0.25) is 0 Å². The Morgan fingerprint density at radius 1 is 0.300 bits per heavy atom. The number of benzene rings is 14. The smallest absolute Gasteiger partial charge is 0.159 e. The second kappa shape index (κ2) is 17.1. The van der Waals surface area contributed by atoms with E-state index in [0.717, 1.165) is 133 Å². The van der Waals surface area contributed by atoms with E-state index in [2.05, 4.69) is 211 Å². The lowest BCUT2D eigenvalue weighted by molar-refractivity contribution is 0.492. The highest BCUT2D eigenvalue weighted by Crippen LogP contribution is 2.55. The molecule has 0 saturated heterocycles. The highest BCUT2D eigenvalue weighted by Gasteiger charge is 2.29. The number of hydrogen-bond donors (Lipinski definition) is 0. The molecule has 0 radical (unpaired) electrons. The molecule has 0 saturated carbocycles. The summed E-state index contributed by atoms with van der Waals surface area (Å²) in [6.45, 7) is 2.15. The molecule has 6 nitrogen and oxygen atoms in total. The number of furan rings is 2. The Bertz CT molecular complexity index is 5300. The number of nitrogens with zero attached hydrogens (tertiary/aromatic N) is 2. The van der Waals surface area contributed by atoms with Gasteiger partial charge in [-0.2, -0.15) is 0 Å². The quantitative estimate of drug-likeness (QED) is 0.155. The number of anilines is 6. The maximum Gasteiger partial charge on any atom is 0.159 e. The first kappa shape index (κ1) is 44.8. The zero-order valence-corrected chi connectivity index (χ0v) is 43.8. The van der Waals surface area contributed by atoms with Crippen LogP contribution in [0.5, 0.6) is 23.0 Å². The van der Waals surface area contributed by atoms with E-state index in [1.807, 2.05) is 48.5 Å². The summed E-state index contributed by atoms with van der Waals surface area (Å²) in [7, 11) is 0. The van der Waals surface area contributed by atoms with Gasteiger partial charge in [-0.3, -0.25) is 0 Å². The summed E-state index contributed by atoms with van der Waals surface area (Å²) < 4.78 is 26.5. The average molecular weight is 1050 g/mol. The van der Waals surface area contributed by atoms with Crippen LogP contribution < -0.4 is 19.3 Å². The van der Waals surface area contributed by atoms with Crippen LogP contribution in [0.2, 0.25) is 5.02 Å². The first-order valence-electron chi connectivity index (χ1n) is 26.9. The first-order valence-corrected chi connectivity index (χ1v) is 27.3. The molecule has 0 unspecified atom stereocenters. The van der Waals surface area contributed by atoms with Crippen molar-refractivity contribution in [2.75, 3.05) is 9.80 Å². The lowest BCUT2D eigenvalue weighted by atomic mass is 9.91. The predicted octanol–water partition coefficient (Wildman–Crippen LogP) is 22.2. The molecular weight excluding hydrogens is 1000 g/mol. The summed E-state index contributed by atoms with van der Waals surface area (Å²) in [6.07, 6.45) is 0. The maximum atomic E-state index is 7.05. The number of rotatable bonds is 6. The number of para-hydroxylation sites is 6. The van der Waals surface area contributed by atoms with Crippen molar-refractivity contribution in [3.8, 4) is 23.0 Å². The van der Waals surface area contributed by atoms with Gasteiger partial charge in [0.1, 0.15) is 34.2 Å². The summed E-state index contributed by atoms with van der Waals surface area (Å²) >= 11 is 6.22. The van der Waals surface area contributed by atoms with Crippen molar-refractivity contribution in [3.63, 3.8) is 0 Å². The molecule has 2 aliphatic rings. The van der Waals surface area contributed by atoms with Gasteiger partial charge in [0.15, 0.2) is 11.2 Å². The molecule has 18 rings (SSSR count). The monoisotopic (exact) mass is 1050 g/mol. The van der Waals surface area contributed by atoms with Crippen LogP contribution in [0.25, 0.3) is 109 Å². The molecule has 80 heavy (non-hydrogen) atoms. The molecule has 0 atom stereocenters. The number of ether oxygens (including phenoxy) is 2. The van der Waals surface area contributed by atoms with Crippen molar-refractivity contribution < 1.29 is 18.3 Å². The van der Waals surface area contributed by atoms with Crippen molar-refractivity contribution in [3.05, 3.63) is 253 Å². The molecule has 376 valence electrons. The molecule has 14 aromatic carbocycles. The van der Waals surface area contributed by atoms with E-state index in [-0.39, 0.29) is 0 Å². The first-order chi connectivity index (χ1) is 39.5. The molecule has 0 amide bonds. The van der Waals surface area contributed by atoms with Gasteiger partial charge in [-0.1, -0.05) is 163 Å². The minimum absolute atomic E-state index is 0.708. The van der Waals surface area contributed by atoms with Crippen LogP contribution in [-0.2, 0) is 0 Å². The van der Waals surface area contributed by atoms with E-state index in [0.29, 0.717) is 5.02 Å². The van der Waals surface area contributed by atoms with Crippen LogP contribution in [0.3, 0.4) is 0 Å². The third-order valence-corrected chi connectivity index (χ3v) is 16.5. The largest absolute Gasteiger partial charge is 0.456 e. The lowest BCUT2D eigenvalue weighted by Crippen LogP contribution is -2.12. The van der Waals surface area contributed by atoms with Gasteiger partial charge in [-0.05, 0) is 118 Å². The van der Waals surface area contributed by atoms with E-state index in [1.165, 1.54) is 37.9 Å². The van der Waals surface area contributed by atoms with Crippen LogP contribution in [0.15, 0.2) is 251 Å². The van der Waals surface area contributed by atoms with Gasteiger partial charge in [0, 0.05) is 87.8 Å². The fourth-order valence-corrected chi connectivity index (χ4v) is 13.2. The van der Waals surface area contributed by atoms with E-state index < -0.39 is 0 Å². The molecule has 0 aliphatic carbocycles. The average Bonchev–Trinajstić information content (AvgIpc) is 4.15. The second-order valence-corrected chi connectivity index (χ2v) is 21.3. The van der Waals surface area contributed by atoms with E-state index >= 15 is 0 Å². The molecule has 0 spiro atoms. The zero-order chi connectivity index (χ0) is 52.7. The zero-order valence-electron chi connectivity index (χ0n) is 43.0. The molecule has 0 bridgehead atoms. The van der Waals surface area contributed by atoms with Gasteiger partial charge >= 0.3 is 0 Å². The minimum atomic E-state index is 0.708. The van der Waals surface area contributed by atoms with Gasteiger partial charge in [-0.25, -0.2) is 0 Å². The van der Waals surface area contributed by atoms with Gasteiger partial charge in [0.25, 0.3) is 0 Å². The lowest BCUT2D eigenvalue weighted by Gasteiger charge is -2.30. The Morgan fingerprint density at radius 3 is 1.39 bits per heavy atom. The van der Waals surface area contributed by atoms with E-state index in [4.69, 9.17) is 29.9 Å². The van der Waals surface area contributed by atoms with Crippen LogP contribution in [-0.4, -0.2) is 0 Å². The Balaban J connectivity index is 0.000000203. The van der Waals surface area contributed by atoms with Crippen molar-refractivity contribution in [2.45, 2.75) is 6.92 Å².